The van der Waals surface area contributed by atoms with Crippen LogP contribution < -0.4 is 11.1 Å². The molecule has 0 aliphatic rings. The SMILES string of the molecule is CC(=O)Nc1ccccc1.CCCCCC(N)=O. The Kier molecular flexibility index (Phi) is 9.27. The lowest BCUT2D eigenvalue weighted by atomic mass is 10.2. The molecule has 1 rings (SSSR count). The molecule has 0 fully saturated rings. The summed E-state index contributed by atoms with van der Waals surface area (Å²) in [7, 11) is 0. The number of nitrogens with one attached hydrogen (secondary N) is 1. The molecule has 0 heterocycles. The van der Waals surface area contributed by atoms with Gasteiger partial charge in [-0.2, -0.15) is 0 Å². The zero-order chi connectivity index (χ0) is 13.8. The number of benzene rings is 1. The van der Waals surface area contributed by atoms with Gasteiger partial charge in [-0.05, 0) is 18.6 Å². The minimum atomic E-state index is -0.182. The van der Waals surface area contributed by atoms with Crippen molar-refractivity contribution in [3.63, 3.8) is 0 Å². The van der Waals surface area contributed by atoms with Crippen LogP contribution in [0.3, 0.4) is 0 Å². The van der Waals surface area contributed by atoms with E-state index in [1.165, 1.54) is 6.92 Å². The highest BCUT2D eigenvalue weighted by Crippen LogP contribution is 2.03. The summed E-state index contributed by atoms with van der Waals surface area (Å²) in [5, 5.41) is 2.67. The van der Waals surface area contributed by atoms with Gasteiger partial charge < -0.3 is 11.1 Å². The fraction of sp³-hybridized carbons (Fsp3) is 0.429. The first kappa shape index (κ1) is 16.2. The van der Waals surface area contributed by atoms with E-state index in [4.69, 9.17) is 5.73 Å². The molecule has 1 aromatic carbocycles. The summed E-state index contributed by atoms with van der Waals surface area (Å²) in [6.07, 6.45) is 3.76. The molecule has 0 aromatic heterocycles. The molecule has 0 saturated carbocycles. The zero-order valence-electron chi connectivity index (χ0n) is 11.1. The molecule has 0 atom stereocenters. The number of amides is 2. The second-order valence-electron chi connectivity index (χ2n) is 3.97. The normalized spacial score (nSPS) is 9.00. The van der Waals surface area contributed by atoms with Crippen molar-refractivity contribution in [3.05, 3.63) is 30.3 Å². The molecule has 0 aliphatic heterocycles. The smallest absolute Gasteiger partial charge is 0.221 e. The Bertz CT molecular complexity index is 350. The van der Waals surface area contributed by atoms with Crippen molar-refractivity contribution in [1.29, 1.82) is 0 Å². The number of carbonyl (C=O) groups is 2. The fourth-order valence-corrected chi connectivity index (χ4v) is 1.27. The molecule has 0 bridgehead atoms. The summed E-state index contributed by atoms with van der Waals surface area (Å²) in [5.41, 5.74) is 5.74. The van der Waals surface area contributed by atoms with Crippen LogP contribution in [0.4, 0.5) is 5.69 Å². The number of unbranched alkanes of at least 4 members (excludes halogenated alkanes) is 2. The average Bonchev–Trinajstić information content (AvgIpc) is 2.30. The number of carbonyl (C=O) groups excluding carboxylic acids is 2. The maximum absolute atomic E-state index is 10.5. The third kappa shape index (κ3) is 10.7. The van der Waals surface area contributed by atoms with Gasteiger partial charge in [0, 0.05) is 19.0 Å². The predicted molar refractivity (Wildman–Crippen MR) is 74.1 cm³/mol. The number of primary amides is 1. The van der Waals surface area contributed by atoms with Crippen molar-refractivity contribution in [2.45, 2.75) is 39.5 Å². The molecular formula is C14H22N2O2. The van der Waals surface area contributed by atoms with E-state index in [0.717, 1.165) is 24.9 Å². The van der Waals surface area contributed by atoms with Gasteiger partial charge in [0.2, 0.25) is 11.8 Å². The Balaban J connectivity index is 0.000000331. The van der Waals surface area contributed by atoms with Crippen LogP contribution >= 0.6 is 0 Å². The standard InChI is InChI=1S/C8H9NO.C6H13NO/c1-7(10)9-8-5-3-2-4-6-8;1-2-3-4-5-6(7)8/h2-6H,1H3,(H,9,10);2-5H2,1H3,(H2,7,8). The molecule has 2 amide bonds. The van der Waals surface area contributed by atoms with Crippen molar-refractivity contribution < 1.29 is 9.59 Å². The summed E-state index contributed by atoms with van der Waals surface area (Å²) in [6, 6.07) is 9.37. The Morgan fingerprint density at radius 3 is 2.22 bits per heavy atom. The lowest BCUT2D eigenvalue weighted by Gasteiger charge is -1.98. The van der Waals surface area contributed by atoms with Gasteiger partial charge >= 0.3 is 0 Å². The minimum absolute atomic E-state index is 0.0359. The summed E-state index contributed by atoms with van der Waals surface area (Å²) in [5.74, 6) is -0.218. The number of para-hydroxylation sites is 1. The maximum Gasteiger partial charge on any atom is 0.221 e. The number of hydrogen-bond donors (Lipinski definition) is 2. The quantitative estimate of drug-likeness (QED) is 0.789. The van der Waals surface area contributed by atoms with Crippen LogP contribution in [0, 0.1) is 0 Å². The monoisotopic (exact) mass is 250 g/mol. The first-order valence-electron chi connectivity index (χ1n) is 6.17. The molecule has 3 N–H and O–H groups in total. The second kappa shape index (κ2) is 10.3. The first-order chi connectivity index (χ1) is 8.56. The van der Waals surface area contributed by atoms with Gasteiger partial charge in [-0.25, -0.2) is 0 Å². The highest BCUT2D eigenvalue weighted by atomic mass is 16.1. The molecule has 100 valence electrons. The zero-order valence-corrected chi connectivity index (χ0v) is 11.1. The largest absolute Gasteiger partial charge is 0.370 e. The molecular weight excluding hydrogens is 228 g/mol. The topological polar surface area (TPSA) is 72.2 Å². The van der Waals surface area contributed by atoms with Gasteiger partial charge in [0.1, 0.15) is 0 Å². The van der Waals surface area contributed by atoms with Crippen LogP contribution in [-0.4, -0.2) is 11.8 Å². The minimum Gasteiger partial charge on any atom is -0.370 e. The highest BCUT2D eigenvalue weighted by molar-refractivity contribution is 5.88. The summed E-state index contributed by atoms with van der Waals surface area (Å²) < 4.78 is 0. The van der Waals surface area contributed by atoms with E-state index in [-0.39, 0.29) is 11.8 Å². The van der Waals surface area contributed by atoms with E-state index in [0.29, 0.717) is 6.42 Å². The van der Waals surface area contributed by atoms with Gasteiger partial charge in [0.05, 0.1) is 0 Å². The third-order valence-electron chi connectivity index (χ3n) is 2.12. The molecule has 18 heavy (non-hydrogen) atoms. The second-order valence-corrected chi connectivity index (χ2v) is 3.97. The van der Waals surface area contributed by atoms with Crippen molar-refractivity contribution in [2.24, 2.45) is 5.73 Å². The number of hydrogen-bond acceptors (Lipinski definition) is 2. The Labute approximate surface area is 109 Å². The van der Waals surface area contributed by atoms with Gasteiger partial charge in [-0.3, -0.25) is 9.59 Å². The van der Waals surface area contributed by atoms with Crippen LogP contribution in [0.2, 0.25) is 0 Å². The molecule has 0 unspecified atom stereocenters. The number of nitrogens with two attached hydrogens (primary N) is 1. The number of anilines is 1. The molecule has 0 radical (unpaired) electrons. The Morgan fingerprint density at radius 2 is 1.78 bits per heavy atom. The van der Waals surface area contributed by atoms with E-state index < -0.39 is 0 Å². The van der Waals surface area contributed by atoms with E-state index in [1.54, 1.807) is 0 Å². The van der Waals surface area contributed by atoms with E-state index >= 15 is 0 Å². The van der Waals surface area contributed by atoms with Crippen LogP contribution in [0.1, 0.15) is 39.5 Å². The molecule has 0 aliphatic carbocycles. The molecule has 0 saturated heterocycles. The van der Waals surface area contributed by atoms with Crippen LogP contribution in [0.5, 0.6) is 0 Å². The van der Waals surface area contributed by atoms with Crippen molar-refractivity contribution >= 4 is 17.5 Å². The Hall–Kier alpha value is -1.84. The van der Waals surface area contributed by atoms with Crippen LogP contribution in [0.15, 0.2) is 30.3 Å². The third-order valence-corrected chi connectivity index (χ3v) is 2.12. The predicted octanol–water partition coefficient (Wildman–Crippen LogP) is 2.70. The van der Waals surface area contributed by atoms with Crippen molar-refractivity contribution in [1.82, 2.24) is 0 Å². The molecule has 1 aromatic rings. The lowest BCUT2D eigenvalue weighted by molar-refractivity contribution is -0.118. The van der Waals surface area contributed by atoms with Crippen molar-refractivity contribution in [2.75, 3.05) is 5.32 Å². The van der Waals surface area contributed by atoms with Gasteiger partial charge in [-0.15, -0.1) is 0 Å². The average molecular weight is 250 g/mol. The fourth-order valence-electron chi connectivity index (χ4n) is 1.27. The molecule has 4 nitrogen and oxygen atoms in total. The molecule has 4 heteroatoms. The van der Waals surface area contributed by atoms with Crippen LogP contribution in [0.25, 0.3) is 0 Å². The Morgan fingerprint density at radius 1 is 1.17 bits per heavy atom. The summed E-state index contributed by atoms with van der Waals surface area (Å²) >= 11 is 0. The van der Waals surface area contributed by atoms with E-state index in [2.05, 4.69) is 12.2 Å². The summed E-state index contributed by atoms with van der Waals surface area (Å²) in [6.45, 7) is 3.59. The van der Waals surface area contributed by atoms with Gasteiger partial charge in [0.15, 0.2) is 0 Å². The van der Waals surface area contributed by atoms with E-state index in [9.17, 15) is 9.59 Å². The van der Waals surface area contributed by atoms with Crippen LogP contribution in [-0.2, 0) is 9.59 Å². The van der Waals surface area contributed by atoms with Gasteiger partial charge in [0.25, 0.3) is 0 Å². The maximum atomic E-state index is 10.5. The van der Waals surface area contributed by atoms with Crippen molar-refractivity contribution in [3.8, 4) is 0 Å². The van der Waals surface area contributed by atoms with E-state index in [1.807, 2.05) is 30.3 Å². The highest BCUT2D eigenvalue weighted by Gasteiger charge is 1.90. The lowest BCUT2D eigenvalue weighted by Crippen LogP contribution is -2.09. The summed E-state index contributed by atoms with van der Waals surface area (Å²) in [4.78, 5) is 20.6. The van der Waals surface area contributed by atoms with Gasteiger partial charge in [-0.1, -0.05) is 38.0 Å². The number of rotatable bonds is 5. The molecule has 0 spiro atoms. The first-order valence-corrected chi connectivity index (χ1v) is 6.17.